The fourth-order valence-electron chi connectivity index (χ4n) is 1.44. The Hall–Kier alpha value is -1.20. The van der Waals surface area contributed by atoms with Crippen LogP contribution in [0.2, 0.25) is 0 Å². The minimum absolute atomic E-state index is 0.0354. The van der Waals surface area contributed by atoms with Crippen LogP contribution in [0.1, 0.15) is 5.56 Å². The van der Waals surface area contributed by atoms with Crippen molar-refractivity contribution in [2.24, 2.45) is 0 Å². The van der Waals surface area contributed by atoms with Gasteiger partial charge in [0.05, 0.1) is 5.52 Å². The summed E-state index contributed by atoms with van der Waals surface area (Å²) in [5, 5.41) is 1.95. The maximum atomic E-state index is 12.0. The lowest BCUT2D eigenvalue weighted by Gasteiger charge is -2.02. The average Bonchev–Trinajstić information content (AvgIpc) is 2.55. The SMILES string of the molecule is C=CCn1c(=S)[nH]c2c(C)csc2c1=O. The number of nitrogens with zero attached hydrogens (tertiary/aromatic N) is 1. The van der Waals surface area contributed by atoms with E-state index in [-0.39, 0.29) is 5.56 Å². The quantitative estimate of drug-likeness (QED) is 0.645. The molecule has 0 unspecified atom stereocenters. The first-order valence-corrected chi connectivity index (χ1v) is 5.75. The van der Waals surface area contributed by atoms with Crippen LogP contribution >= 0.6 is 23.6 Å². The summed E-state index contributed by atoms with van der Waals surface area (Å²) in [6.07, 6.45) is 1.66. The van der Waals surface area contributed by atoms with Crippen LogP contribution in [0, 0.1) is 11.7 Å². The Bertz CT molecular complexity index is 633. The number of rotatable bonds is 2. The lowest BCUT2D eigenvalue weighted by molar-refractivity contribution is 0.754. The molecule has 0 atom stereocenters. The van der Waals surface area contributed by atoms with E-state index >= 15 is 0 Å². The summed E-state index contributed by atoms with van der Waals surface area (Å²) in [5.74, 6) is 0. The molecule has 0 saturated carbocycles. The number of thiophene rings is 1. The highest BCUT2D eigenvalue weighted by molar-refractivity contribution is 7.71. The van der Waals surface area contributed by atoms with Gasteiger partial charge in [-0.2, -0.15) is 0 Å². The molecular formula is C10H10N2OS2. The van der Waals surface area contributed by atoms with Gasteiger partial charge >= 0.3 is 0 Å². The summed E-state index contributed by atoms with van der Waals surface area (Å²) in [6, 6.07) is 0. The molecule has 15 heavy (non-hydrogen) atoms. The first-order valence-electron chi connectivity index (χ1n) is 4.47. The third-order valence-corrected chi connectivity index (χ3v) is 3.61. The predicted octanol–water partition coefficient (Wildman–Crippen LogP) is 2.62. The number of fused-ring (bicyclic) bond motifs is 1. The smallest absolute Gasteiger partial charge is 0.272 e. The summed E-state index contributed by atoms with van der Waals surface area (Å²) in [5.41, 5.74) is 1.88. The van der Waals surface area contributed by atoms with Crippen molar-refractivity contribution in [3.8, 4) is 0 Å². The molecule has 2 aromatic heterocycles. The third-order valence-electron chi connectivity index (χ3n) is 2.20. The Morgan fingerprint density at radius 2 is 2.47 bits per heavy atom. The molecule has 2 heterocycles. The maximum Gasteiger partial charge on any atom is 0.272 e. The number of hydrogen-bond donors (Lipinski definition) is 1. The molecule has 0 aliphatic heterocycles. The van der Waals surface area contributed by atoms with Crippen molar-refractivity contribution in [3.05, 3.63) is 38.7 Å². The second kappa shape index (κ2) is 3.75. The van der Waals surface area contributed by atoms with Crippen LogP contribution in [0.25, 0.3) is 10.2 Å². The summed E-state index contributed by atoms with van der Waals surface area (Å²) in [6.45, 7) is 6.01. The Kier molecular flexibility index (Phi) is 2.58. The molecule has 0 radical (unpaired) electrons. The van der Waals surface area contributed by atoms with Gasteiger partial charge in [-0.25, -0.2) is 0 Å². The molecule has 0 amide bonds. The zero-order chi connectivity index (χ0) is 11.0. The van der Waals surface area contributed by atoms with Crippen molar-refractivity contribution in [2.75, 3.05) is 0 Å². The van der Waals surface area contributed by atoms with E-state index in [2.05, 4.69) is 11.6 Å². The molecule has 0 bridgehead atoms. The van der Waals surface area contributed by atoms with Gasteiger partial charge in [-0.15, -0.1) is 17.9 Å². The zero-order valence-corrected chi connectivity index (χ0v) is 9.87. The van der Waals surface area contributed by atoms with Crippen LogP contribution in [-0.4, -0.2) is 9.55 Å². The van der Waals surface area contributed by atoms with Crippen LogP contribution in [0.5, 0.6) is 0 Å². The van der Waals surface area contributed by atoms with Crippen LogP contribution in [-0.2, 0) is 6.54 Å². The lowest BCUT2D eigenvalue weighted by Crippen LogP contribution is -2.20. The zero-order valence-electron chi connectivity index (χ0n) is 8.24. The van der Waals surface area contributed by atoms with Gasteiger partial charge in [0, 0.05) is 6.54 Å². The van der Waals surface area contributed by atoms with E-state index in [1.54, 1.807) is 6.08 Å². The van der Waals surface area contributed by atoms with Crippen molar-refractivity contribution in [3.63, 3.8) is 0 Å². The highest BCUT2D eigenvalue weighted by Gasteiger charge is 2.07. The predicted molar refractivity (Wildman–Crippen MR) is 66.2 cm³/mol. The highest BCUT2D eigenvalue weighted by Crippen LogP contribution is 2.19. The number of aryl methyl sites for hydroxylation is 1. The van der Waals surface area contributed by atoms with E-state index < -0.39 is 0 Å². The van der Waals surface area contributed by atoms with E-state index in [1.165, 1.54) is 15.9 Å². The molecule has 78 valence electrons. The first-order chi connectivity index (χ1) is 7.15. The molecule has 1 N–H and O–H groups in total. The fraction of sp³-hybridized carbons (Fsp3) is 0.200. The van der Waals surface area contributed by atoms with E-state index in [0.29, 0.717) is 11.3 Å². The summed E-state index contributed by atoms with van der Waals surface area (Å²) < 4.78 is 2.69. The van der Waals surface area contributed by atoms with Crippen LogP contribution in [0.15, 0.2) is 22.8 Å². The number of H-pyrrole nitrogens is 1. The minimum atomic E-state index is -0.0354. The monoisotopic (exact) mass is 238 g/mol. The Morgan fingerprint density at radius 1 is 1.73 bits per heavy atom. The number of aromatic amines is 1. The molecule has 2 rings (SSSR count). The second-order valence-electron chi connectivity index (χ2n) is 3.26. The van der Waals surface area contributed by atoms with Gasteiger partial charge in [-0.3, -0.25) is 9.36 Å². The van der Waals surface area contributed by atoms with E-state index in [9.17, 15) is 4.79 Å². The molecule has 0 aliphatic carbocycles. The van der Waals surface area contributed by atoms with Crippen molar-refractivity contribution in [1.29, 1.82) is 0 Å². The van der Waals surface area contributed by atoms with Gasteiger partial charge in [-0.05, 0) is 30.1 Å². The molecule has 5 heteroatoms. The highest BCUT2D eigenvalue weighted by atomic mass is 32.1. The van der Waals surface area contributed by atoms with Gasteiger partial charge in [0.2, 0.25) is 0 Å². The average molecular weight is 238 g/mol. The van der Waals surface area contributed by atoms with E-state index in [4.69, 9.17) is 12.2 Å². The molecular weight excluding hydrogens is 228 g/mol. The van der Waals surface area contributed by atoms with Crippen molar-refractivity contribution in [2.45, 2.75) is 13.5 Å². The van der Waals surface area contributed by atoms with Crippen molar-refractivity contribution >= 4 is 33.8 Å². The molecule has 0 spiro atoms. The normalized spacial score (nSPS) is 10.7. The Labute approximate surface area is 95.7 Å². The third kappa shape index (κ3) is 1.57. The lowest BCUT2D eigenvalue weighted by atomic mass is 10.3. The maximum absolute atomic E-state index is 12.0. The number of hydrogen-bond acceptors (Lipinski definition) is 3. The number of nitrogens with one attached hydrogen (secondary N) is 1. The van der Waals surface area contributed by atoms with E-state index in [0.717, 1.165) is 15.8 Å². The fourth-order valence-corrected chi connectivity index (χ4v) is 2.65. The largest absolute Gasteiger partial charge is 0.331 e. The molecule has 3 nitrogen and oxygen atoms in total. The Morgan fingerprint density at radius 3 is 3.13 bits per heavy atom. The number of allylic oxidation sites excluding steroid dienone is 1. The van der Waals surface area contributed by atoms with Crippen molar-refractivity contribution < 1.29 is 0 Å². The topological polar surface area (TPSA) is 37.8 Å². The van der Waals surface area contributed by atoms with Crippen LogP contribution in [0.4, 0.5) is 0 Å². The van der Waals surface area contributed by atoms with Gasteiger partial charge < -0.3 is 4.98 Å². The van der Waals surface area contributed by atoms with Gasteiger partial charge in [-0.1, -0.05) is 6.08 Å². The molecule has 0 aromatic carbocycles. The minimum Gasteiger partial charge on any atom is -0.331 e. The molecule has 2 aromatic rings. The van der Waals surface area contributed by atoms with Gasteiger partial charge in [0.1, 0.15) is 4.70 Å². The van der Waals surface area contributed by atoms with Gasteiger partial charge in [0.25, 0.3) is 5.56 Å². The van der Waals surface area contributed by atoms with Crippen LogP contribution < -0.4 is 5.56 Å². The van der Waals surface area contributed by atoms with Gasteiger partial charge in [0.15, 0.2) is 4.77 Å². The molecule has 0 fully saturated rings. The standard InChI is InChI=1S/C10H10N2OS2/c1-3-4-12-9(13)8-7(11-10(12)14)6(2)5-15-8/h3,5H,1,4H2,2H3,(H,11,14). The second-order valence-corrected chi connectivity index (χ2v) is 4.52. The molecule has 0 saturated heterocycles. The van der Waals surface area contributed by atoms with Crippen molar-refractivity contribution in [1.82, 2.24) is 9.55 Å². The van der Waals surface area contributed by atoms with Crippen LogP contribution in [0.3, 0.4) is 0 Å². The summed E-state index contributed by atoms with van der Waals surface area (Å²) in [7, 11) is 0. The summed E-state index contributed by atoms with van der Waals surface area (Å²) in [4.78, 5) is 15.1. The Balaban J connectivity index is 2.91. The van der Waals surface area contributed by atoms with E-state index in [1.807, 2.05) is 12.3 Å². The number of aromatic nitrogens is 2. The first kappa shape index (κ1) is 10.3. The summed E-state index contributed by atoms with van der Waals surface area (Å²) >= 11 is 6.57. The molecule has 0 aliphatic rings.